The summed E-state index contributed by atoms with van der Waals surface area (Å²) >= 11 is 12.1. The van der Waals surface area contributed by atoms with Gasteiger partial charge in [-0.15, -0.1) is 11.6 Å². The van der Waals surface area contributed by atoms with Crippen LogP contribution in [-0.2, 0) is 12.0 Å². The minimum absolute atomic E-state index is 0.286. The normalized spacial score (nSPS) is 11.2. The number of rotatable bonds is 8. The van der Waals surface area contributed by atoms with Crippen molar-refractivity contribution >= 4 is 23.2 Å². The Bertz CT molecular complexity index is 1050. The highest BCUT2D eigenvalue weighted by Crippen LogP contribution is 2.38. The lowest BCUT2D eigenvalue weighted by Gasteiger charge is -2.27. The third-order valence-electron chi connectivity index (χ3n) is 4.84. The summed E-state index contributed by atoms with van der Waals surface area (Å²) in [5.41, 5.74) is 2.71. The minimum atomic E-state index is -0.387. The third kappa shape index (κ3) is 4.89. The van der Waals surface area contributed by atoms with Crippen molar-refractivity contribution in [2.45, 2.75) is 32.8 Å². The van der Waals surface area contributed by atoms with Crippen molar-refractivity contribution < 1.29 is 13.9 Å². The smallest absolute Gasteiger partial charge is 0.191 e. The average Bonchev–Trinajstić information content (AvgIpc) is 3.16. The molecule has 0 N–H and O–H groups in total. The molecule has 1 aromatic heterocycles. The van der Waals surface area contributed by atoms with E-state index in [1.807, 2.05) is 36.4 Å². The van der Waals surface area contributed by atoms with Gasteiger partial charge in [-0.25, -0.2) is 4.98 Å². The molecule has 0 unspecified atom stereocenters. The van der Waals surface area contributed by atoms with Crippen LogP contribution >= 0.6 is 23.2 Å². The zero-order chi connectivity index (χ0) is 21.7. The van der Waals surface area contributed by atoms with E-state index < -0.39 is 0 Å². The molecule has 0 bridgehead atoms. The standard InChI is InChI=1S/C23H22Cl2N2O3/c1-15-27-19(13-29-15)14-30-20-6-4-17(5-7-20)23(2,3)18-10-16(12-26)22(21(25)11-18)28-9-8-24/h4-7,10-11,13H,8-9,14H2,1-3H3. The molecule has 0 fully saturated rings. The molecule has 0 saturated carbocycles. The maximum Gasteiger partial charge on any atom is 0.191 e. The summed E-state index contributed by atoms with van der Waals surface area (Å²) in [5, 5.41) is 9.94. The highest BCUT2D eigenvalue weighted by molar-refractivity contribution is 6.32. The Morgan fingerprint density at radius 2 is 1.87 bits per heavy atom. The number of ether oxygens (including phenoxy) is 2. The topological polar surface area (TPSA) is 68.3 Å². The van der Waals surface area contributed by atoms with Gasteiger partial charge in [-0.05, 0) is 35.4 Å². The number of aromatic nitrogens is 1. The first-order valence-corrected chi connectivity index (χ1v) is 10.3. The molecule has 0 aliphatic carbocycles. The second-order valence-corrected chi connectivity index (χ2v) is 8.07. The minimum Gasteiger partial charge on any atom is -0.489 e. The van der Waals surface area contributed by atoms with Crippen LogP contribution in [0, 0.1) is 18.3 Å². The summed E-state index contributed by atoms with van der Waals surface area (Å²) in [6, 6.07) is 13.6. The van der Waals surface area contributed by atoms with Crippen LogP contribution in [0.2, 0.25) is 5.02 Å². The number of benzene rings is 2. The monoisotopic (exact) mass is 444 g/mol. The molecule has 0 radical (unpaired) electrons. The van der Waals surface area contributed by atoms with E-state index in [2.05, 4.69) is 24.9 Å². The largest absolute Gasteiger partial charge is 0.489 e. The number of halogens is 2. The number of hydrogen-bond donors (Lipinski definition) is 0. The first-order valence-electron chi connectivity index (χ1n) is 9.42. The molecule has 2 aromatic carbocycles. The fraction of sp³-hybridized carbons (Fsp3) is 0.304. The second kappa shape index (κ2) is 9.42. The summed E-state index contributed by atoms with van der Waals surface area (Å²) in [4.78, 5) is 4.22. The van der Waals surface area contributed by atoms with Crippen molar-refractivity contribution in [1.29, 1.82) is 5.26 Å². The zero-order valence-electron chi connectivity index (χ0n) is 17.0. The Morgan fingerprint density at radius 1 is 1.13 bits per heavy atom. The summed E-state index contributed by atoms with van der Waals surface area (Å²) in [7, 11) is 0. The van der Waals surface area contributed by atoms with Crippen LogP contribution in [0.5, 0.6) is 11.5 Å². The van der Waals surface area contributed by atoms with Gasteiger partial charge in [0.15, 0.2) is 11.6 Å². The van der Waals surface area contributed by atoms with E-state index in [1.165, 1.54) is 0 Å². The fourth-order valence-electron chi connectivity index (χ4n) is 3.09. The quantitative estimate of drug-likeness (QED) is 0.396. The van der Waals surface area contributed by atoms with E-state index in [4.69, 9.17) is 37.1 Å². The van der Waals surface area contributed by atoms with Gasteiger partial charge in [0.1, 0.15) is 37.0 Å². The summed E-state index contributed by atoms with van der Waals surface area (Å²) < 4.78 is 16.5. The van der Waals surface area contributed by atoms with Crippen molar-refractivity contribution in [3.05, 3.63) is 76.0 Å². The number of aryl methyl sites for hydroxylation is 1. The van der Waals surface area contributed by atoms with Gasteiger partial charge in [0.25, 0.3) is 0 Å². The van der Waals surface area contributed by atoms with Gasteiger partial charge in [-0.3, -0.25) is 0 Å². The van der Waals surface area contributed by atoms with E-state index in [1.54, 1.807) is 13.2 Å². The van der Waals surface area contributed by atoms with Crippen LogP contribution in [0.15, 0.2) is 47.1 Å². The zero-order valence-corrected chi connectivity index (χ0v) is 18.5. The highest BCUT2D eigenvalue weighted by atomic mass is 35.5. The molecule has 0 amide bonds. The molecule has 0 aliphatic heterocycles. The van der Waals surface area contributed by atoms with Crippen molar-refractivity contribution in [2.24, 2.45) is 0 Å². The van der Waals surface area contributed by atoms with Gasteiger partial charge in [0.05, 0.1) is 16.5 Å². The van der Waals surface area contributed by atoms with Crippen molar-refractivity contribution in [3.8, 4) is 17.6 Å². The van der Waals surface area contributed by atoms with Gasteiger partial charge < -0.3 is 13.9 Å². The Morgan fingerprint density at radius 3 is 2.47 bits per heavy atom. The molecule has 7 heteroatoms. The average molecular weight is 445 g/mol. The maximum atomic E-state index is 9.54. The van der Waals surface area contributed by atoms with Crippen LogP contribution in [-0.4, -0.2) is 17.5 Å². The number of hydrogen-bond acceptors (Lipinski definition) is 5. The van der Waals surface area contributed by atoms with Crippen LogP contribution in [0.1, 0.15) is 42.1 Å². The van der Waals surface area contributed by atoms with Crippen molar-refractivity contribution in [1.82, 2.24) is 4.98 Å². The third-order valence-corrected chi connectivity index (χ3v) is 5.27. The highest BCUT2D eigenvalue weighted by Gasteiger charge is 2.26. The lowest BCUT2D eigenvalue weighted by Crippen LogP contribution is -2.19. The Hall–Kier alpha value is -2.68. The molecule has 3 aromatic rings. The first kappa shape index (κ1) is 22.0. The second-order valence-electron chi connectivity index (χ2n) is 7.28. The molecule has 156 valence electrons. The molecule has 0 spiro atoms. The van der Waals surface area contributed by atoms with Gasteiger partial charge in [0, 0.05) is 12.3 Å². The van der Waals surface area contributed by atoms with E-state index in [9.17, 15) is 5.26 Å². The van der Waals surface area contributed by atoms with Crippen LogP contribution in [0.3, 0.4) is 0 Å². The number of alkyl halides is 1. The predicted octanol–water partition coefficient (Wildman–Crippen LogP) is 6.03. The molecular weight excluding hydrogens is 423 g/mol. The lowest BCUT2D eigenvalue weighted by atomic mass is 9.77. The Labute approximate surface area is 186 Å². The van der Waals surface area contributed by atoms with E-state index >= 15 is 0 Å². The molecule has 1 heterocycles. The summed E-state index contributed by atoms with van der Waals surface area (Å²) in [6.45, 7) is 6.57. The van der Waals surface area contributed by atoms with Crippen LogP contribution in [0.25, 0.3) is 0 Å². The fourth-order valence-corrected chi connectivity index (χ4v) is 3.44. The predicted molar refractivity (Wildman–Crippen MR) is 117 cm³/mol. The van der Waals surface area contributed by atoms with Crippen molar-refractivity contribution in [2.75, 3.05) is 12.5 Å². The SMILES string of the molecule is Cc1nc(COc2ccc(C(C)(C)c3cc(Cl)c(OCCCl)c(C#N)c3)cc2)co1. The summed E-state index contributed by atoms with van der Waals surface area (Å²) in [5.74, 6) is 2.03. The van der Waals surface area contributed by atoms with Gasteiger partial charge in [0.2, 0.25) is 0 Å². The molecule has 0 atom stereocenters. The van der Waals surface area contributed by atoms with Gasteiger partial charge in [-0.1, -0.05) is 37.6 Å². The first-order chi connectivity index (χ1) is 14.3. The van der Waals surface area contributed by atoms with Gasteiger partial charge in [-0.2, -0.15) is 5.26 Å². The van der Waals surface area contributed by atoms with E-state index in [-0.39, 0.29) is 12.0 Å². The molecule has 5 nitrogen and oxygen atoms in total. The van der Waals surface area contributed by atoms with Crippen LogP contribution in [0.4, 0.5) is 0 Å². The van der Waals surface area contributed by atoms with Gasteiger partial charge >= 0.3 is 0 Å². The Balaban J connectivity index is 1.80. The Kier molecular flexibility index (Phi) is 6.91. The molecule has 3 rings (SSSR count). The number of nitrogens with zero attached hydrogens (tertiary/aromatic N) is 2. The van der Waals surface area contributed by atoms with Crippen molar-refractivity contribution in [3.63, 3.8) is 0 Å². The molecular formula is C23H22Cl2N2O3. The number of nitriles is 1. The lowest BCUT2D eigenvalue weighted by molar-refractivity contribution is 0.301. The summed E-state index contributed by atoms with van der Waals surface area (Å²) in [6.07, 6.45) is 1.59. The van der Waals surface area contributed by atoms with E-state index in [0.29, 0.717) is 34.7 Å². The molecule has 0 aliphatic rings. The number of oxazole rings is 1. The van der Waals surface area contributed by atoms with Crippen LogP contribution < -0.4 is 9.47 Å². The molecule has 0 saturated heterocycles. The molecule has 30 heavy (non-hydrogen) atoms. The van der Waals surface area contributed by atoms with E-state index in [0.717, 1.165) is 22.6 Å². The maximum absolute atomic E-state index is 9.54.